The number of nitrogens with zero attached hydrogens (tertiary/aromatic N) is 3. The summed E-state index contributed by atoms with van der Waals surface area (Å²) in [5.41, 5.74) is 3.74. The number of hydrogen-bond acceptors (Lipinski definition) is 5. The molecule has 1 heterocycles. The van der Waals surface area contributed by atoms with Crippen LogP contribution in [0.4, 0.5) is 5.13 Å². The van der Waals surface area contributed by atoms with Crippen LogP contribution in [-0.2, 0) is 4.79 Å². The minimum atomic E-state index is -0.191. The van der Waals surface area contributed by atoms with Crippen molar-refractivity contribution in [2.45, 2.75) is 19.8 Å². The number of benzene rings is 3. The monoisotopic (exact) mass is 470 g/mol. The fraction of sp³-hybridized carbons (Fsp3) is 0.185. The molecule has 0 aliphatic carbocycles. The molecule has 0 atom stereocenters. The lowest BCUT2D eigenvalue weighted by molar-refractivity contribution is -0.116. The molecule has 2 amide bonds. The van der Waals surface area contributed by atoms with E-state index in [-0.39, 0.29) is 18.2 Å². The van der Waals surface area contributed by atoms with Crippen LogP contribution in [0.5, 0.6) is 0 Å². The first-order valence-corrected chi connectivity index (χ1v) is 12.1. The number of hydrogen-bond donors (Lipinski definition) is 1. The van der Waals surface area contributed by atoms with Gasteiger partial charge < -0.3 is 10.2 Å². The molecular formula is C27H26N4O2S. The van der Waals surface area contributed by atoms with E-state index in [0.717, 1.165) is 28.1 Å². The average Bonchev–Trinajstić information content (AvgIpc) is 3.35. The zero-order valence-electron chi connectivity index (χ0n) is 19.0. The molecule has 0 radical (unpaired) electrons. The van der Waals surface area contributed by atoms with Gasteiger partial charge in [-0.05, 0) is 29.7 Å². The van der Waals surface area contributed by atoms with Crippen molar-refractivity contribution < 1.29 is 9.59 Å². The van der Waals surface area contributed by atoms with Crippen molar-refractivity contribution in [1.82, 2.24) is 15.1 Å². The van der Waals surface area contributed by atoms with E-state index in [1.54, 1.807) is 4.90 Å². The van der Waals surface area contributed by atoms with Crippen molar-refractivity contribution in [2.75, 3.05) is 18.4 Å². The van der Waals surface area contributed by atoms with Gasteiger partial charge in [0.2, 0.25) is 11.0 Å². The second-order valence-electron chi connectivity index (χ2n) is 7.81. The van der Waals surface area contributed by atoms with E-state index in [1.807, 2.05) is 91.9 Å². The molecule has 0 fully saturated rings. The van der Waals surface area contributed by atoms with Crippen LogP contribution in [0.3, 0.4) is 0 Å². The van der Waals surface area contributed by atoms with Gasteiger partial charge in [-0.3, -0.25) is 9.59 Å². The third kappa shape index (κ3) is 5.94. The summed E-state index contributed by atoms with van der Waals surface area (Å²) in [5.74, 6) is -0.263. The van der Waals surface area contributed by atoms with Crippen LogP contribution >= 0.6 is 11.3 Å². The van der Waals surface area contributed by atoms with E-state index < -0.39 is 0 Å². The van der Waals surface area contributed by atoms with Crippen molar-refractivity contribution in [2.24, 2.45) is 0 Å². The minimum absolute atomic E-state index is 0.0726. The first-order valence-electron chi connectivity index (χ1n) is 11.3. The molecule has 172 valence electrons. The largest absolute Gasteiger partial charge is 0.338 e. The van der Waals surface area contributed by atoms with Gasteiger partial charge in [-0.2, -0.15) is 0 Å². The fourth-order valence-electron chi connectivity index (χ4n) is 3.59. The molecule has 4 aromatic rings. The van der Waals surface area contributed by atoms with E-state index in [0.29, 0.717) is 23.8 Å². The Bertz CT molecular complexity index is 1220. The van der Waals surface area contributed by atoms with Gasteiger partial charge in [-0.25, -0.2) is 0 Å². The SMILES string of the molecule is CCCN(CCC(=O)Nc1nnc(-c2ccccc2)s1)C(=O)c1ccc(-c2ccccc2)cc1. The molecule has 0 spiro atoms. The van der Waals surface area contributed by atoms with Gasteiger partial charge in [0, 0.05) is 30.6 Å². The number of carbonyl (C=O) groups excluding carboxylic acids is 2. The van der Waals surface area contributed by atoms with Crippen LogP contribution in [0.15, 0.2) is 84.9 Å². The van der Waals surface area contributed by atoms with Gasteiger partial charge in [0.25, 0.3) is 5.91 Å². The van der Waals surface area contributed by atoms with Gasteiger partial charge in [0.15, 0.2) is 0 Å². The Balaban J connectivity index is 1.35. The Morgan fingerprint density at radius 1 is 0.794 bits per heavy atom. The minimum Gasteiger partial charge on any atom is -0.338 e. The van der Waals surface area contributed by atoms with Crippen LogP contribution < -0.4 is 5.32 Å². The molecule has 3 aromatic carbocycles. The molecule has 7 heteroatoms. The Hall–Kier alpha value is -3.84. The highest BCUT2D eigenvalue weighted by molar-refractivity contribution is 7.18. The quantitative estimate of drug-likeness (QED) is 0.338. The van der Waals surface area contributed by atoms with Crippen LogP contribution in [0.2, 0.25) is 0 Å². The van der Waals surface area contributed by atoms with E-state index in [9.17, 15) is 9.59 Å². The third-order valence-electron chi connectivity index (χ3n) is 5.32. The average molecular weight is 471 g/mol. The molecule has 0 saturated carbocycles. The first-order chi connectivity index (χ1) is 16.6. The molecule has 0 aliphatic heterocycles. The van der Waals surface area contributed by atoms with E-state index >= 15 is 0 Å². The predicted octanol–water partition coefficient (Wildman–Crippen LogP) is 5.75. The Labute approximate surface area is 203 Å². The van der Waals surface area contributed by atoms with Gasteiger partial charge in [0.1, 0.15) is 5.01 Å². The van der Waals surface area contributed by atoms with Gasteiger partial charge >= 0.3 is 0 Å². The second kappa shape index (κ2) is 11.3. The maximum atomic E-state index is 13.1. The molecule has 4 rings (SSSR count). The normalized spacial score (nSPS) is 10.6. The summed E-state index contributed by atoms with van der Waals surface area (Å²) in [4.78, 5) is 27.3. The Morgan fingerprint density at radius 3 is 2.06 bits per heavy atom. The van der Waals surface area contributed by atoms with E-state index in [4.69, 9.17) is 0 Å². The van der Waals surface area contributed by atoms with Crippen LogP contribution in [0, 0.1) is 0 Å². The lowest BCUT2D eigenvalue weighted by atomic mass is 10.0. The summed E-state index contributed by atoms with van der Waals surface area (Å²) in [7, 11) is 0. The number of anilines is 1. The molecular weight excluding hydrogens is 444 g/mol. The molecule has 1 aromatic heterocycles. The lowest BCUT2D eigenvalue weighted by Gasteiger charge is -2.22. The van der Waals surface area contributed by atoms with E-state index in [2.05, 4.69) is 15.5 Å². The second-order valence-corrected chi connectivity index (χ2v) is 8.79. The predicted molar refractivity (Wildman–Crippen MR) is 137 cm³/mol. The maximum absolute atomic E-state index is 13.1. The van der Waals surface area contributed by atoms with Crippen molar-refractivity contribution >= 4 is 28.3 Å². The fourth-order valence-corrected chi connectivity index (χ4v) is 4.36. The molecule has 6 nitrogen and oxygen atoms in total. The van der Waals surface area contributed by atoms with Gasteiger partial charge in [-0.1, -0.05) is 91.1 Å². The Morgan fingerprint density at radius 2 is 1.41 bits per heavy atom. The summed E-state index contributed by atoms with van der Waals surface area (Å²) in [6, 6.07) is 27.4. The number of aromatic nitrogens is 2. The van der Waals surface area contributed by atoms with Crippen molar-refractivity contribution in [3.8, 4) is 21.7 Å². The zero-order chi connectivity index (χ0) is 23.8. The molecule has 0 saturated heterocycles. The molecule has 0 aliphatic rings. The number of nitrogens with one attached hydrogen (secondary N) is 1. The smallest absolute Gasteiger partial charge is 0.253 e. The van der Waals surface area contributed by atoms with Crippen LogP contribution in [0.1, 0.15) is 30.1 Å². The summed E-state index contributed by atoms with van der Waals surface area (Å²) < 4.78 is 0. The van der Waals surface area contributed by atoms with Crippen LogP contribution in [0.25, 0.3) is 21.7 Å². The Kier molecular flexibility index (Phi) is 7.78. The summed E-state index contributed by atoms with van der Waals surface area (Å²) in [6.45, 7) is 2.94. The summed E-state index contributed by atoms with van der Waals surface area (Å²) in [6.07, 6.45) is 1.00. The number of amides is 2. The van der Waals surface area contributed by atoms with Crippen molar-refractivity contribution in [3.05, 3.63) is 90.5 Å². The first kappa shape index (κ1) is 23.3. The van der Waals surface area contributed by atoms with E-state index in [1.165, 1.54) is 11.3 Å². The topological polar surface area (TPSA) is 75.2 Å². The summed E-state index contributed by atoms with van der Waals surface area (Å²) in [5, 5.41) is 12.2. The van der Waals surface area contributed by atoms with Crippen molar-refractivity contribution in [1.29, 1.82) is 0 Å². The molecule has 1 N–H and O–H groups in total. The van der Waals surface area contributed by atoms with Crippen LogP contribution in [-0.4, -0.2) is 40.0 Å². The van der Waals surface area contributed by atoms with Crippen molar-refractivity contribution in [3.63, 3.8) is 0 Å². The van der Waals surface area contributed by atoms with Gasteiger partial charge in [-0.15, -0.1) is 10.2 Å². The maximum Gasteiger partial charge on any atom is 0.253 e. The highest BCUT2D eigenvalue weighted by Crippen LogP contribution is 2.26. The number of carbonyl (C=O) groups is 2. The molecule has 0 unspecified atom stereocenters. The highest BCUT2D eigenvalue weighted by Gasteiger charge is 2.17. The standard InChI is InChI=1S/C27H26N4O2S/c1-2-18-31(26(33)23-15-13-21(14-16-23)20-9-5-3-6-10-20)19-17-24(32)28-27-30-29-25(34-27)22-11-7-4-8-12-22/h3-16H,2,17-19H2,1H3,(H,28,30,32). The summed E-state index contributed by atoms with van der Waals surface area (Å²) >= 11 is 1.33. The van der Waals surface area contributed by atoms with Gasteiger partial charge in [0.05, 0.1) is 0 Å². The zero-order valence-corrected chi connectivity index (χ0v) is 19.8. The molecule has 0 bridgehead atoms. The molecule has 34 heavy (non-hydrogen) atoms. The number of rotatable bonds is 9. The lowest BCUT2D eigenvalue weighted by Crippen LogP contribution is -2.34. The third-order valence-corrected chi connectivity index (χ3v) is 6.21. The highest BCUT2D eigenvalue weighted by atomic mass is 32.1.